The Kier molecular flexibility index (Phi) is 7.79. The van der Waals surface area contributed by atoms with Gasteiger partial charge in [-0.05, 0) is 66.9 Å². The molecule has 3 aromatic rings. The topological polar surface area (TPSA) is 48.5 Å². The summed E-state index contributed by atoms with van der Waals surface area (Å²) in [5.74, 6) is 2.40. The number of hydrogen-bond acceptors (Lipinski definition) is 5. The van der Waals surface area contributed by atoms with Crippen molar-refractivity contribution < 1.29 is 4.79 Å². The SMILES string of the molecule is Cc1cccc(/C=C/C(=O)NC[C@H]2CCCC[C@H]2CN2CCN(c3nsc4ccccc34)CC2)c1. The number of carbonyl (C=O) groups is 1. The van der Waals surface area contributed by atoms with E-state index >= 15 is 0 Å². The minimum absolute atomic E-state index is 0.0138. The predicted molar refractivity (Wildman–Crippen MR) is 147 cm³/mol. The number of aromatic nitrogens is 1. The van der Waals surface area contributed by atoms with E-state index < -0.39 is 0 Å². The van der Waals surface area contributed by atoms with Crippen LogP contribution in [0.25, 0.3) is 16.2 Å². The summed E-state index contributed by atoms with van der Waals surface area (Å²) >= 11 is 1.60. The van der Waals surface area contributed by atoms with E-state index in [4.69, 9.17) is 4.37 Å². The molecule has 0 unspecified atom stereocenters. The van der Waals surface area contributed by atoms with Crippen LogP contribution in [0.5, 0.6) is 0 Å². The summed E-state index contributed by atoms with van der Waals surface area (Å²) in [4.78, 5) is 17.5. The molecule has 184 valence electrons. The molecular formula is C29H36N4OS. The van der Waals surface area contributed by atoms with Crippen molar-refractivity contribution in [1.82, 2.24) is 14.6 Å². The maximum atomic E-state index is 12.5. The molecule has 1 aliphatic heterocycles. The summed E-state index contributed by atoms with van der Waals surface area (Å²) in [5.41, 5.74) is 2.28. The van der Waals surface area contributed by atoms with Crippen LogP contribution in [-0.2, 0) is 4.79 Å². The van der Waals surface area contributed by atoms with Crippen LogP contribution >= 0.6 is 11.5 Å². The molecule has 6 heteroatoms. The monoisotopic (exact) mass is 488 g/mol. The van der Waals surface area contributed by atoms with E-state index in [0.717, 1.165) is 50.6 Å². The fourth-order valence-electron chi connectivity index (χ4n) is 5.60. The first kappa shape index (κ1) is 24.0. The molecule has 35 heavy (non-hydrogen) atoms. The number of piperazine rings is 1. The second kappa shape index (κ2) is 11.4. The van der Waals surface area contributed by atoms with Crippen molar-refractivity contribution in [2.24, 2.45) is 11.8 Å². The van der Waals surface area contributed by atoms with Crippen LogP contribution in [0.4, 0.5) is 5.82 Å². The van der Waals surface area contributed by atoms with Gasteiger partial charge in [-0.2, -0.15) is 4.37 Å². The second-order valence-electron chi connectivity index (χ2n) is 10.1. The van der Waals surface area contributed by atoms with E-state index in [2.05, 4.69) is 58.4 Å². The van der Waals surface area contributed by atoms with E-state index in [1.807, 2.05) is 18.2 Å². The number of benzene rings is 2. The van der Waals surface area contributed by atoms with Crippen molar-refractivity contribution in [2.45, 2.75) is 32.6 Å². The van der Waals surface area contributed by atoms with Crippen LogP contribution in [0.15, 0.2) is 54.6 Å². The van der Waals surface area contributed by atoms with Gasteiger partial charge in [0.25, 0.3) is 0 Å². The van der Waals surface area contributed by atoms with Crippen molar-refractivity contribution in [3.8, 4) is 0 Å². The van der Waals surface area contributed by atoms with E-state index in [9.17, 15) is 4.79 Å². The molecule has 2 fully saturated rings. The highest BCUT2D eigenvalue weighted by Gasteiger charge is 2.29. The Balaban J connectivity index is 1.11. The highest BCUT2D eigenvalue weighted by atomic mass is 32.1. The minimum Gasteiger partial charge on any atom is -0.353 e. The maximum Gasteiger partial charge on any atom is 0.244 e. The molecule has 1 aromatic heterocycles. The van der Waals surface area contributed by atoms with Gasteiger partial charge in [0.15, 0.2) is 0 Å². The third-order valence-electron chi connectivity index (χ3n) is 7.60. The molecule has 0 bridgehead atoms. The summed E-state index contributed by atoms with van der Waals surface area (Å²) in [7, 11) is 0. The van der Waals surface area contributed by atoms with Gasteiger partial charge in [-0.15, -0.1) is 0 Å². The Hall–Kier alpha value is -2.70. The zero-order valence-electron chi connectivity index (χ0n) is 20.7. The first-order chi connectivity index (χ1) is 17.2. The largest absolute Gasteiger partial charge is 0.353 e. The number of aryl methyl sites for hydroxylation is 1. The zero-order valence-corrected chi connectivity index (χ0v) is 21.5. The zero-order chi connectivity index (χ0) is 24.0. The van der Waals surface area contributed by atoms with Gasteiger partial charge in [-0.25, -0.2) is 0 Å². The molecule has 5 rings (SSSR count). The standard InChI is InChI=1S/C29H36N4OS/c1-22-7-6-8-23(19-22)13-14-28(34)30-20-24-9-2-3-10-25(24)21-32-15-17-33(18-16-32)29-26-11-4-5-12-27(26)35-31-29/h4-8,11-14,19,24-25H,2-3,9-10,15-18,20-21H2,1H3,(H,30,34)/b14-13+/t24-,25+/m1/s1. The molecule has 1 aliphatic carbocycles. The molecule has 1 amide bonds. The molecule has 2 aliphatic rings. The number of hydrogen-bond donors (Lipinski definition) is 1. The molecule has 2 heterocycles. The van der Waals surface area contributed by atoms with Gasteiger partial charge in [0.1, 0.15) is 5.82 Å². The van der Waals surface area contributed by atoms with Gasteiger partial charge in [-0.1, -0.05) is 54.8 Å². The highest BCUT2D eigenvalue weighted by molar-refractivity contribution is 7.13. The summed E-state index contributed by atoms with van der Waals surface area (Å²) in [6, 6.07) is 16.8. The van der Waals surface area contributed by atoms with Crippen LogP contribution in [0.1, 0.15) is 36.8 Å². The minimum atomic E-state index is 0.0138. The molecule has 0 spiro atoms. The third-order valence-corrected chi connectivity index (χ3v) is 8.41. The van der Waals surface area contributed by atoms with Crippen molar-refractivity contribution in [1.29, 1.82) is 0 Å². The van der Waals surface area contributed by atoms with Crippen molar-refractivity contribution in [2.75, 3.05) is 44.2 Å². The van der Waals surface area contributed by atoms with Gasteiger partial charge in [0.05, 0.1) is 4.70 Å². The van der Waals surface area contributed by atoms with Crippen LogP contribution in [0, 0.1) is 18.8 Å². The van der Waals surface area contributed by atoms with Gasteiger partial charge in [0.2, 0.25) is 5.91 Å². The average Bonchev–Trinajstić information content (AvgIpc) is 3.32. The van der Waals surface area contributed by atoms with Gasteiger partial charge < -0.3 is 10.2 Å². The number of fused-ring (bicyclic) bond motifs is 1. The Bertz CT molecular complexity index is 1160. The number of nitrogens with one attached hydrogen (secondary N) is 1. The normalized spacial score (nSPS) is 21.6. The lowest BCUT2D eigenvalue weighted by Crippen LogP contribution is -2.49. The van der Waals surface area contributed by atoms with Gasteiger partial charge in [-0.3, -0.25) is 9.69 Å². The number of anilines is 1. The van der Waals surface area contributed by atoms with Crippen LogP contribution in [0.3, 0.4) is 0 Å². The predicted octanol–water partition coefficient (Wildman–Crippen LogP) is 5.36. The molecule has 2 atom stereocenters. The fraction of sp³-hybridized carbons (Fsp3) is 0.448. The van der Waals surface area contributed by atoms with Crippen molar-refractivity contribution in [3.05, 3.63) is 65.7 Å². The van der Waals surface area contributed by atoms with E-state index in [0.29, 0.717) is 11.8 Å². The average molecular weight is 489 g/mol. The van der Waals surface area contributed by atoms with Crippen molar-refractivity contribution >= 4 is 39.4 Å². The molecular weight excluding hydrogens is 452 g/mol. The summed E-state index contributed by atoms with van der Waals surface area (Å²) in [6.07, 6.45) is 8.67. The smallest absolute Gasteiger partial charge is 0.244 e. The quantitative estimate of drug-likeness (QED) is 0.455. The molecule has 5 nitrogen and oxygen atoms in total. The first-order valence-electron chi connectivity index (χ1n) is 13.0. The molecule has 2 aromatic carbocycles. The van der Waals surface area contributed by atoms with E-state index in [1.54, 1.807) is 17.6 Å². The molecule has 0 radical (unpaired) electrons. The fourth-order valence-corrected chi connectivity index (χ4v) is 6.40. The highest BCUT2D eigenvalue weighted by Crippen LogP contribution is 2.32. The number of nitrogens with zero attached hydrogens (tertiary/aromatic N) is 3. The number of carbonyl (C=O) groups excluding carboxylic acids is 1. The van der Waals surface area contributed by atoms with Crippen LogP contribution < -0.4 is 10.2 Å². The summed E-state index contributed by atoms with van der Waals surface area (Å²) in [6.45, 7) is 8.23. The van der Waals surface area contributed by atoms with E-state index in [1.165, 1.54) is 41.3 Å². The van der Waals surface area contributed by atoms with Crippen LogP contribution in [-0.4, -0.2) is 54.4 Å². The lowest BCUT2D eigenvalue weighted by molar-refractivity contribution is -0.116. The van der Waals surface area contributed by atoms with E-state index in [-0.39, 0.29) is 5.91 Å². The molecule has 1 saturated carbocycles. The Morgan fingerprint density at radius 1 is 1.06 bits per heavy atom. The first-order valence-corrected chi connectivity index (χ1v) is 13.8. The Morgan fingerprint density at radius 2 is 1.86 bits per heavy atom. The third kappa shape index (κ3) is 6.11. The lowest BCUT2D eigenvalue weighted by Gasteiger charge is -2.40. The summed E-state index contributed by atoms with van der Waals surface area (Å²) < 4.78 is 6.02. The van der Waals surface area contributed by atoms with Gasteiger partial charge >= 0.3 is 0 Å². The number of rotatable bonds is 7. The Labute approximate surface area is 213 Å². The Morgan fingerprint density at radius 3 is 2.69 bits per heavy atom. The van der Waals surface area contributed by atoms with Crippen molar-refractivity contribution in [3.63, 3.8) is 0 Å². The van der Waals surface area contributed by atoms with Crippen LogP contribution in [0.2, 0.25) is 0 Å². The lowest BCUT2D eigenvalue weighted by atomic mass is 9.78. The summed E-state index contributed by atoms with van der Waals surface area (Å²) in [5, 5.41) is 4.47. The second-order valence-corrected chi connectivity index (χ2v) is 10.9. The molecule has 1 N–H and O–H groups in total. The van der Waals surface area contributed by atoms with Gasteiger partial charge in [0, 0.05) is 50.7 Å². The maximum absolute atomic E-state index is 12.5. The number of amides is 1. The molecule has 1 saturated heterocycles.